The lowest BCUT2D eigenvalue weighted by Gasteiger charge is -2.13. The second-order valence-electron chi connectivity index (χ2n) is 3.95. The van der Waals surface area contributed by atoms with Gasteiger partial charge in [-0.05, 0) is 18.2 Å². The van der Waals surface area contributed by atoms with E-state index in [0.29, 0.717) is 12.5 Å². The van der Waals surface area contributed by atoms with Gasteiger partial charge < -0.3 is 5.32 Å². The molecule has 0 aliphatic rings. The summed E-state index contributed by atoms with van der Waals surface area (Å²) in [6, 6.07) is 3.15. The average Bonchev–Trinajstić information content (AvgIpc) is 2.83. The number of alkyl halides is 3. The molecule has 0 aliphatic carbocycles. The highest BCUT2D eigenvalue weighted by molar-refractivity contribution is 6.32. The molecule has 0 spiro atoms. The van der Waals surface area contributed by atoms with Crippen molar-refractivity contribution in [1.29, 1.82) is 0 Å². The molecule has 0 aliphatic heterocycles. The topological polar surface area (TPSA) is 29.9 Å². The van der Waals surface area contributed by atoms with Crippen molar-refractivity contribution in [2.24, 2.45) is 0 Å². The Hall–Kier alpha value is -1.95. The van der Waals surface area contributed by atoms with Crippen LogP contribution in [-0.4, -0.2) is 16.1 Å². The predicted octanol–water partition coefficient (Wildman–Crippen LogP) is 4.14. The maximum absolute atomic E-state index is 12.7. The van der Waals surface area contributed by atoms with Crippen LogP contribution in [0.5, 0.6) is 0 Å². The smallest absolute Gasteiger partial charge is 0.352 e. The molecule has 3 nitrogen and oxygen atoms in total. The molecule has 0 saturated heterocycles. The third-order valence-corrected chi connectivity index (χ3v) is 2.90. The number of aromatic nitrogens is 2. The molecule has 0 amide bonds. The van der Waals surface area contributed by atoms with Gasteiger partial charge in [-0.3, -0.25) is 4.57 Å². The third kappa shape index (κ3) is 2.96. The summed E-state index contributed by atoms with van der Waals surface area (Å²) >= 11 is 5.98. The minimum absolute atomic E-state index is 0.206. The van der Waals surface area contributed by atoms with Gasteiger partial charge in [0.15, 0.2) is 0 Å². The zero-order chi connectivity index (χ0) is 14.8. The maximum atomic E-state index is 12.7. The number of benzene rings is 1. The highest BCUT2D eigenvalue weighted by Crippen LogP contribution is 2.33. The molecule has 2 rings (SSSR count). The predicted molar refractivity (Wildman–Crippen MR) is 72.3 cm³/mol. The Balaban J connectivity index is 2.47. The van der Waals surface area contributed by atoms with Crippen LogP contribution in [0.4, 0.5) is 19.1 Å². The van der Waals surface area contributed by atoms with E-state index >= 15 is 0 Å². The van der Waals surface area contributed by atoms with Crippen molar-refractivity contribution < 1.29 is 13.2 Å². The van der Waals surface area contributed by atoms with E-state index in [1.165, 1.54) is 23.0 Å². The van der Waals surface area contributed by atoms with E-state index in [0.717, 1.165) is 12.1 Å². The Bertz CT molecular complexity index is 620. The van der Waals surface area contributed by atoms with Crippen LogP contribution in [0.2, 0.25) is 5.02 Å². The van der Waals surface area contributed by atoms with Gasteiger partial charge in [0.1, 0.15) is 0 Å². The first kappa shape index (κ1) is 14.5. The molecule has 0 atom stereocenters. The van der Waals surface area contributed by atoms with Gasteiger partial charge in [0.05, 0.1) is 16.3 Å². The molecule has 1 aromatic carbocycles. The second kappa shape index (κ2) is 5.58. The Morgan fingerprint density at radius 3 is 2.80 bits per heavy atom. The van der Waals surface area contributed by atoms with Crippen molar-refractivity contribution in [1.82, 2.24) is 9.55 Å². The van der Waals surface area contributed by atoms with Crippen molar-refractivity contribution in [2.45, 2.75) is 6.18 Å². The monoisotopic (exact) mass is 301 g/mol. The molecule has 1 heterocycles. The first-order valence-electron chi connectivity index (χ1n) is 5.68. The fourth-order valence-corrected chi connectivity index (χ4v) is 1.87. The number of nitrogens with one attached hydrogen (secondary N) is 1. The van der Waals surface area contributed by atoms with Gasteiger partial charge in [0.25, 0.3) is 0 Å². The molecule has 0 unspecified atom stereocenters. The molecular weight excluding hydrogens is 291 g/mol. The number of nitrogens with zero attached hydrogens (tertiary/aromatic N) is 2. The van der Waals surface area contributed by atoms with Crippen LogP contribution in [0.15, 0.2) is 43.2 Å². The zero-order valence-electron chi connectivity index (χ0n) is 10.3. The summed E-state index contributed by atoms with van der Waals surface area (Å²) in [6.45, 7) is 3.99. The molecule has 106 valence electrons. The molecule has 0 saturated carbocycles. The fourth-order valence-electron chi connectivity index (χ4n) is 1.67. The van der Waals surface area contributed by atoms with Gasteiger partial charge in [0.2, 0.25) is 5.95 Å². The summed E-state index contributed by atoms with van der Waals surface area (Å²) < 4.78 is 39.7. The molecular formula is C13H11ClF3N3. The first-order chi connectivity index (χ1) is 9.43. The third-order valence-electron chi connectivity index (χ3n) is 2.58. The van der Waals surface area contributed by atoms with Crippen LogP contribution in [0, 0.1) is 0 Å². The summed E-state index contributed by atoms with van der Waals surface area (Å²) in [5, 5.41) is 3.13. The Kier molecular flexibility index (Phi) is 4.04. The van der Waals surface area contributed by atoms with Crippen molar-refractivity contribution in [3.63, 3.8) is 0 Å². The van der Waals surface area contributed by atoms with Gasteiger partial charge >= 0.3 is 6.18 Å². The van der Waals surface area contributed by atoms with E-state index in [4.69, 9.17) is 11.6 Å². The van der Waals surface area contributed by atoms with Gasteiger partial charge in [0, 0.05) is 18.9 Å². The van der Waals surface area contributed by atoms with E-state index in [1.807, 2.05) is 0 Å². The number of hydrogen-bond donors (Lipinski definition) is 1. The van der Waals surface area contributed by atoms with Gasteiger partial charge in [-0.1, -0.05) is 17.7 Å². The second-order valence-corrected chi connectivity index (χ2v) is 4.36. The van der Waals surface area contributed by atoms with Crippen LogP contribution in [0.1, 0.15) is 5.56 Å². The van der Waals surface area contributed by atoms with Crippen LogP contribution in [0.3, 0.4) is 0 Å². The summed E-state index contributed by atoms with van der Waals surface area (Å²) in [7, 11) is 0. The van der Waals surface area contributed by atoms with Crippen molar-refractivity contribution in [2.75, 3.05) is 11.9 Å². The van der Waals surface area contributed by atoms with Crippen LogP contribution in [0.25, 0.3) is 5.69 Å². The molecule has 7 heteroatoms. The highest BCUT2D eigenvalue weighted by atomic mass is 35.5. The highest BCUT2D eigenvalue weighted by Gasteiger charge is 2.31. The van der Waals surface area contributed by atoms with Crippen LogP contribution < -0.4 is 5.32 Å². The SMILES string of the molecule is C=CCNc1nccn1-c1cc(C(F)(F)F)ccc1Cl. The van der Waals surface area contributed by atoms with E-state index in [1.54, 1.807) is 6.08 Å². The zero-order valence-corrected chi connectivity index (χ0v) is 11.0. The van der Waals surface area contributed by atoms with Crippen LogP contribution >= 0.6 is 11.6 Å². The number of hydrogen-bond acceptors (Lipinski definition) is 2. The molecule has 0 radical (unpaired) electrons. The summed E-state index contributed by atoms with van der Waals surface area (Å²) in [6.07, 6.45) is 0.205. The van der Waals surface area contributed by atoms with Crippen LogP contribution in [-0.2, 0) is 6.18 Å². The largest absolute Gasteiger partial charge is 0.416 e. The van der Waals surface area contributed by atoms with E-state index in [-0.39, 0.29) is 10.7 Å². The Morgan fingerprint density at radius 1 is 1.40 bits per heavy atom. The average molecular weight is 302 g/mol. The first-order valence-corrected chi connectivity index (χ1v) is 6.06. The lowest BCUT2D eigenvalue weighted by molar-refractivity contribution is -0.137. The summed E-state index contributed by atoms with van der Waals surface area (Å²) in [5.41, 5.74) is -0.550. The quantitative estimate of drug-likeness (QED) is 0.860. The summed E-state index contributed by atoms with van der Waals surface area (Å²) in [5.74, 6) is 0.395. The number of rotatable bonds is 4. The number of imidazole rings is 1. The van der Waals surface area contributed by atoms with E-state index in [9.17, 15) is 13.2 Å². The molecule has 1 N–H and O–H groups in total. The van der Waals surface area contributed by atoms with Gasteiger partial charge in [-0.25, -0.2) is 4.98 Å². The maximum Gasteiger partial charge on any atom is 0.416 e. The van der Waals surface area contributed by atoms with Crippen molar-refractivity contribution in [3.05, 3.63) is 53.8 Å². The lowest BCUT2D eigenvalue weighted by atomic mass is 10.2. The summed E-state index contributed by atoms with van der Waals surface area (Å²) in [4.78, 5) is 4.03. The molecule has 1 aromatic heterocycles. The normalized spacial score (nSPS) is 11.4. The number of halogens is 4. The Morgan fingerprint density at radius 2 is 2.15 bits per heavy atom. The lowest BCUT2D eigenvalue weighted by Crippen LogP contribution is -2.09. The minimum Gasteiger partial charge on any atom is -0.352 e. The van der Waals surface area contributed by atoms with Gasteiger partial charge in [-0.2, -0.15) is 13.2 Å². The fraction of sp³-hybridized carbons (Fsp3) is 0.154. The number of anilines is 1. The van der Waals surface area contributed by atoms with E-state index < -0.39 is 11.7 Å². The van der Waals surface area contributed by atoms with Crippen molar-refractivity contribution >= 4 is 17.5 Å². The minimum atomic E-state index is -4.42. The van der Waals surface area contributed by atoms with E-state index in [2.05, 4.69) is 16.9 Å². The molecule has 2 aromatic rings. The molecule has 20 heavy (non-hydrogen) atoms. The standard InChI is InChI=1S/C13H11ClF3N3/c1-2-5-18-12-19-6-7-20(12)11-8-9(13(15,16)17)3-4-10(11)14/h2-4,6-8H,1,5H2,(H,18,19). The Labute approximate surface area is 118 Å². The molecule has 0 bridgehead atoms. The molecule has 0 fully saturated rings. The van der Waals surface area contributed by atoms with Crippen molar-refractivity contribution in [3.8, 4) is 5.69 Å². The van der Waals surface area contributed by atoms with Gasteiger partial charge in [-0.15, -0.1) is 6.58 Å².